The predicted molar refractivity (Wildman–Crippen MR) is 99.7 cm³/mol. The molecule has 0 radical (unpaired) electrons. The Kier molecular flexibility index (Phi) is 11.9. The van der Waals surface area contributed by atoms with Crippen LogP contribution in [0.1, 0.15) is 45.1 Å². The molecule has 1 rings (SSSR count). The average molecular weight is 365 g/mol. The van der Waals surface area contributed by atoms with Crippen LogP contribution in [-0.4, -0.2) is 38.4 Å². The van der Waals surface area contributed by atoms with E-state index in [0.29, 0.717) is 19.8 Å². The third-order valence-corrected chi connectivity index (χ3v) is 3.93. The van der Waals surface area contributed by atoms with E-state index in [1.54, 1.807) is 0 Å². The monoisotopic (exact) mass is 365 g/mol. The van der Waals surface area contributed by atoms with E-state index in [9.17, 15) is 9.59 Å². The Morgan fingerprint density at radius 1 is 1.04 bits per heavy atom. The van der Waals surface area contributed by atoms with Gasteiger partial charge in [-0.05, 0) is 18.4 Å². The van der Waals surface area contributed by atoms with Crippen LogP contribution in [0.15, 0.2) is 30.3 Å². The van der Waals surface area contributed by atoms with E-state index in [4.69, 9.17) is 14.2 Å². The van der Waals surface area contributed by atoms with Crippen LogP contribution >= 0.6 is 0 Å². The van der Waals surface area contributed by atoms with E-state index in [1.807, 2.05) is 37.3 Å². The number of alkyl carbamates (subject to hydrolysis) is 1. The zero-order valence-electron chi connectivity index (χ0n) is 15.9. The molecule has 0 saturated heterocycles. The highest BCUT2D eigenvalue weighted by molar-refractivity contribution is 5.72. The number of carbonyl (C=O) groups is 2. The van der Waals surface area contributed by atoms with Crippen molar-refractivity contribution in [2.24, 2.45) is 5.92 Å². The maximum atomic E-state index is 11.9. The first kappa shape index (κ1) is 22.0. The van der Waals surface area contributed by atoms with Gasteiger partial charge in [-0.25, -0.2) is 4.79 Å². The summed E-state index contributed by atoms with van der Waals surface area (Å²) in [5.41, 5.74) is 0.935. The van der Waals surface area contributed by atoms with Gasteiger partial charge >= 0.3 is 12.1 Å². The second-order valence-electron chi connectivity index (χ2n) is 6.02. The highest BCUT2D eigenvalue weighted by Gasteiger charge is 2.16. The first-order valence-corrected chi connectivity index (χ1v) is 9.36. The number of nitrogens with one attached hydrogen (secondary N) is 1. The third-order valence-electron chi connectivity index (χ3n) is 3.93. The van der Waals surface area contributed by atoms with Crippen molar-refractivity contribution >= 4 is 12.1 Å². The lowest BCUT2D eigenvalue weighted by Crippen LogP contribution is -2.28. The lowest BCUT2D eigenvalue weighted by molar-refractivity contribution is -0.150. The molecule has 6 heteroatoms. The lowest BCUT2D eigenvalue weighted by atomic mass is 10.00. The Morgan fingerprint density at radius 2 is 1.81 bits per heavy atom. The van der Waals surface area contributed by atoms with Crippen molar-refractivity contribution in [3.63, 3.8) is 0 Å². The summed E-state index contributed by atoms with van der Waals surface area (Å²) in [6.45, 7) is 5.58. The molecule has 1 aromatic carbocycles. The molecule has 1 unspecified atom stereocenters. The number of esters is 1. The number of ether oxygens (including phenoxy) is 3. The second-order valence-corrected chi connectivity index (χ2v) is 6.02. The maximum absolute atomic E-state index is 11.9. The fourth-order valence-electron chi connectivity index (χ4n) is 2.36. The second kappa shape index (κ2) is 14.1. The van der Waals surface area contributed by atoms with Gasteiger partial charge in [-0.15, -0.1) is 0 Å². The molecule has 0 spiro atoms. The van der Waals surface area contributed by atoms with Gasteiger partial charge in [-0.1, -0.05) is 57.0 Å². The molecule has 1 amide bonds. The lowest BCUT2D eigenvalue weighted by Gasteiger charge is -2.13. The minimum Gasteiger partial charge on any atom is -0.463 e. The minimum atomic E-state index is -0.481. The summed E-state index contributed by atoms with van der Waals surface area (Å²) in [6.07, 6.45) is 3.31. The number of unbranched alkanes of at least 4 members (excludes halogenated alkanes) is 1. The summed E-state index contributed by atoms with van der Waals surface area (Å²) in [6, 6.07) is 9.48. The first-order chi connectivity index (χ1) is 12.7. The largest absolute Gasteiger partial charge is 0.463 e. The van der Waals surface area contributed by atoms with Crippen molar-refractivity contribution in [2.75, 3.05) is 26.4 Å². The molecule has 1 aromatic rings. The average Bonchev–Trinajstić information content (AvgIpc) is 2.67. The fourth-order valence-corrected chi connectivity index (χ4v) is 2.36. The van der Waals surface area contributed by atoms with Gasteiger partial charge in [0.2, 0.25) is 0 Å². The van der Waals surface area contributed by atoms with Crippen molar-refractivity contribution in [1.29, 1.82) is 0 Å². The maximum Gasteiger partial charge on any atom is 0.407 e. The van der Waals surface area contributed by atoms with Crippen LogP contribution in [0, 0.1) is 5.92 Å². The SMILES string of the molecule is CCCCC(CC)C(=O)OCCOCCNC(=O)OCc1ccccc1. The van der Waals surface area contributed by atoms with Gasteiger partial charge in [0.05, 0.1) is 19.1 Å². The Labute approximate surface area is 156 Å². The standard InChI is InChI=1S/C20H31NO5/c1-3-5-11-18(4-2)19(22)25-15-14-24-13-12-21-20(23)26-16-17-9-7-6-8-10-17/h6-10,18H,3-5,11-16H2,1-2H3,(H,21,23). The zero-order valence-corrected chi connectivity index (χ0v) is 15.9. The first-order valence-electron chi connectivity index (χ1n) is 9.36. The van der Waals surface area contributed by atoms with E-state index in [-0.39, 0.29) is 25.1 Å². The van der Waals surface area contributed by atoms with E-state index in [0.717, 1.165) is 31.2 Å². The number of benzene rings is 1. The Hall–Kier alpha value is -2.08. The van der Waals surface area contributed by atoms with E-state index >= 15 is 0 Å². The van der Waals surface area contributed by atoms with Crippen LogP contribution in [0.2, 0.25) is 0 Å². The van der Waals surface area contributed by atoms with Crippen molar-refractivity contribution in [3.05, 3.63) is 35.9 Å². The molecule has 1 N–H and O–H groups in total. The Balaban J connectivity index is 1.99. The molecule has 0 heterocycles. The molecule has 0 aliphatic heterocycles. The highest BCUT2D eigenvalue weighted by Crippen LogP contribution is 2.14. The summed E-state index contributed by atoms with van der Waals surface area (Å²) < 4.78 is 15.7. The number of hydrogen-bond acceptors (Lipinski definition) is 5. The summed E-state index contributed by atoms with van der Waals surface area (Å²) >= 11 is 0. The van der Waals surface area contributed by atoms with Crippen LogP contribution in [-0.2, 0) is 25.6 Å². The van der Waals surface area contributed by atoms with E-state index in [1.165, 1.54) is 0 Å². The van der Waals surface area contributed by atoms with E-state index < -0.39 is 6.09 Å². The van der Waals surface area contributed by atoms with Gasteiger partial charge in [0.15, 0.2) is 0 Å². The van der Waals surface area contributed by atoms with Gasteiger partial charge in [0.1, 0.15) is 13.2 Å². The van der Waals surface area contributed by atoms with Crippen LogP contribution < -0.4 is 5.32 Å². The number of carbonyl (C=O) groups excluding carboxylic acids is 2. The Bertz CT molecular complexity index is 506. The summed E-state index contributed by atoms with van der Waals surface area (Å²) in [5, 5.41) is 2.61. The molecular weight excluding hydrogens is 334 g/mol. The van der Waals surface area contributed by atoms with Crippen LogP contribution in [0.5, 0.6) is 0 Å². The van der Waals surface area contributed by atoms with Crippen LogP contribution in [0.4, 0.5) is 4.79 Å². The topological polar surface area (TPSA) is 73.9 Å². The molecule has 0 aliphatic rings. The summed E-state index contributed by atoms with van der Waals surface area (Å²) in [5.74, 6) is -0.164. The molecular formula is C20H31NO5. The minimum absolute atomic E-state index is 0.0176. The molecule has 6 nitrogen and oxygen atoms in total. The van der Waals surface area contributed by atoms with Gasteiger partial charge in [-0.3, -0.25) is 4.79 Å². The molecule has 26 heavy (non-hydrogen) atoms. The fraction of sp³-hybridized carbons (Fsp3) is 0.600. The molecule has 0 fully saturated rings. The molecule has 0 bridgehead atoms. The van der Waals surface area contributed by atoms with Gasteiger partial charge in [0.25, 0.3) is 0 Å². The number of amides is 1. The van der Waals surface area contributed by atoms with Crippen molar-refractivity contribution in [1.82, 2.24) is 5.32 Å². The molecule has 1 atom stereocenters. The molecule has 146 valence electrons. The number of hydrogen-bond donors (Lipinski definition) is 1. The van der Waals surface area contributed by atoms with Crippen LogP contribution in [0.3, 0.4) is 0 Å². The predicted octanol–water partition coefficient (Wildman–Crippen LogP) is 3.69. The molecule has 0 aromatic heterocycles. The van der Waals surface area contributed by atoms with Crippen molar-refractivity contribution in [3.8, 4) is 0 Å². The quantitative estimate of drug-likeness (QED) is 0.426. The summed E-state index contributed by atoms with van der Waals surface area (Å²) in [7, 11) is 0. The zero-order chi connectivity index (χ0) is 19.0. The molecule has 0 saturated carbocycles. The van der Waals surface area contributed by atoms with Crippen molar-refractivity contribution in [2.45, 2.75) is 46.1 Å². The van der Waals surface area contributed by atoms with Gasteiger partial charge < -0.3 is 19.5 Å². The molecule has 0 aliphatic carbocycles. The van der Waals surface area contributed by atoms with Gasteiger partial charge in [0, 0.05) is 6.54 Å². The third kappa shape index (κ3) is 10.0. The number of rotatable bonds is 13. The normalized spacial score (nSPS) is 11.6. The summed E-state index contributed by atoms with van der Waals surface area (Å²) in [4.78, 5) is 23.4. The Morgan fingerprint density at radius 3 is 2.50 bits per heavy atom. The smallest absolute Gasteiger partial charge is 0.407 e. The van der Waals surface area contributed by atoms with Gasteiger partial charge in [-0.2, -0.15) is 0 Å². The van der Waals surface area contributed by atoms with E-state index in [2.05, 4.69) is 12.2 Å². The van der Waals surface area contributed by atoms with Crippen molar-refractivity contribution < 1.29 is 23.8 Å². The van der Waals surface area contributed by atoms with Crippen LogP contribution in [0.25, 0.3) is 0 Å². The highest BCUT2D eigenvalue weighted by atomic mass is 16.6.